The quantitative estimate of drug-likeness (QED) is 0.733. The van der Waals surface area contributed by atoms with E-state index in [1.807, 2.05) is 0 Å². The lowest BCUT2D eigenvalue weighted by Crippen LogP contribution is -2.46. The number of sulfone groups is 1. The number of rotatable bonds is 6. The molecule has 19 heavy (non-hydrogen) atoms. The molecule has 0 aromatic heterocycles. The minimum atomic E-state index is -2.79. The SMILES string of the molecule is CN(CCC1CS(=O)(=O)CCN1)CCN1CCCC1. The molecule has 2 saturated heterocycles. The van der Waals surface area contributed by atoms with Crippen LogP contribution in [0.5, 0.6) is 0 Å². The van der Waals surface area contributed by atoms with Gasteiger partial charge in [-0.25, -0.2) is 8.42 Å². The summed E-state index contributed by atoms with van der Waals surface area (Å²) in [6.45, 7) is 6.31. The van der Waals surface area contributed by atoms with E-state index in [-0.39, 0.29) is 6.04 Å². The Morgan fingerprint density at radius 2 is 2.00 bits per heavy atom. The topological polar surface area (TPSA) is 52.7 Å². The Balaban J connectivity index is 1.61. The van der Waals surface area contributed by atoms with Crippen LogP contribution in [0.4, 0.5) is 0 Å². The minimum Gasteiger partial charge on any atom is -0.312 e. The molecule has 112 valence electrons. The fourth-order valence-corrected chi connectivity index (χ4v) is 4.35. The Morgan fingerprint density at radius 1 is 1.26 bits per heavy atom. The predicted octanol–water partition coefficient (Wildman–Crippen LogP) is -0.209. The Morgan fingerprint density at radius 3 is 2.68 bits per heavy atom. The van der Waals surface area contributed by atoms with Crippen molar-refractivity contribution in [2.75, 3.05) is 57.8 Å². The van der Waals surface area contributed by atoms with Gasteiger partial charge in [-0.15, -0.1) is 0 Å². The van der Waals surface area contributed by atoms with Crippen LogP contribution in [0.25, 0.3) is 0 Å². The van der Waals surface area contributed by atoms with Crippen molar-refractivity contribution in [1.82, 2.24) is 15.1 Å². The van der Waals surface area contributed by atoms with Gasteiger partial charge >= 0.3 is 0 Å². The summed E-state index contributed by atoms with van der Waals surface area (Å²) in [4.78, 5) is 4.83. The summed E-state index contributed by atoms with van der Waals surface area (Å²) in [6, 6.07) is 0.146. The van der Waals surface area contributed by atoms with Crippen molar-refractivity contribution in [3.8, 4) is 0 Å². The molecule has 0 bridgehead atoms. The number of likely N-dealkylation sites (N-methyl/N-ethyl adjacent to an activating group) is 1. The highest BCUT2D eigenvalue weighted by molar-refractivity contribution is 7.91. The van der Waals surface area contributed by atoms with E-state index in [1.54, 1.807) is 0 Å². The fourth-order valence-electron chi connectivity index (χ4n) is 2.86. The second kappa shape index (κ2) is 7.02. The molecule has 2 aliphatic rings. The zero-order valence-electron chi connectivity index (χ0n) is 12.0. The lowest BCUT2D eigenvalue weighted by molar-refractivity contribution is 0.249. The fraction of sp³-hybridized carbons (Fsp3) is 1.00. The van der Waals surface area contributed by atoms with Gasteiger partial charge in [-0.3, -0.25) is 0 Å². The molecule has 2 fully saturated rings. The molecule has 2 aliphatic heterocycles. The number of likely N-dealkylation sites (tertiary alicyclic amines) is 1. The van der Waals surface area contributed by atoms with Gasteiger partial charge in [0.15, 0.2) is 9.84 Å². The molecule has 2 rings (SSSR count). The first-order valence-electron chi connectivity index (χ1n) is 7.40. The van der Waals surface area contributed by atoms with Crippen LogP contribution >= 0.6 is 0 Å². The maximum absolute atomic E-state index is 11.5. The summed E-state index contributed by atoms with van der Waals surface area (Å²) < 4.78 is 23.1. The molecule has 6 heteroatoms. The van der Waals surface area contributed by atoms with E-state index < -0.39 is 9.84 Å². The molecule has 0 aromatic carbocycles. The van der Waals surface area contributed by atoms with Gasteiger partial charge in [0.25, 0.3) is 0 Å². The molecule has 1 N–H and O–H groups in total. The minimum absolute atomic E-state index is 0.146. The summed E-state index contributed by atoms with van der Waals surface area (Å²) in [5.74, 6) is 0.612. The summed E-state index contributed by atoms with van der Waals surface area (Å²) in [6.07, 6.45) is 3.61. The van der Waals surface area contributed by atoms with Gasteiger partial charge in [-0.05, 0) is 45.9 Å². The van der Waals surface area contributed by atoms with Crippen LogP contribution in [0.2, 0.25) is 0 Å². The highest BCUT2D eigenvalue weighted by atomic mass is 32.2. The molecule has 0 amide bonds. The molecule has 0 radical (unpaired) electrons. The molecule has 0 spiro atoms. The van der Waals surface area contributed by atoms with Crippen molar-refractivity contribution in [2.45, 2.75) is 25.3 Å². The average molecular weight is 289 g/mol. The molecular weight excluding hydrogens is 262 g/mol. The Labute approximate surface area is 117 Å². The molecule has 5 nitrogen and oxygen atoms in total. The van der Waals surface area contributed by atoms with E-state index >= 15 is 0 Å². The monoisotopic (exact) mass is 289 g/mol. The van der Waals surface area contributed by atoms with Gasteiger partial charge in [0, 0.05) is 25.7 Å². The van der Waals surface area contributed by atoms with Gasteiger partial charge in [0.05, 0.1) is 11.5 Å². The Hall–Kier alpha value is -0.170. The normalized spacial score (nSPS) is 28.0. The smallest absolute Gasteiger partial charge is 0.153 e. The van der Waals surface area contributed by atoms with Crippen LogP contribution in [0.1, 0.15) is 19.3 Å². The third-order valence-electron chi connectivity index (χ3n) is 4.16. The van der Waals surface area contributed by atoms with Gasteiger partial charge in [-0.1, -0.05) is 0 Å². The highest BCUT2D eigenvalue weighted by Gasteiger charge is 2.24. The van der Waals surface area contributed by atoms with Crippen LogP contribution in [-0.4, -0.2) is 82.1 Å². The van der Waals surface area contributed by atoms with Gasteiger partial charge in [0.2, 0.25) is 0 Å². The highest BCUT2D eigenvalue weighted by Crippen LogP contribution is 2.08. The number of nitrogens with one attached hydrogen (secondary N) is 1. The van der Waals surface area contributed by atoms with E-state index in [9.17, 15) is 8.42 Å². The number of hydrogen-bond donors (Lipinski definition) is 1. The van der Waals surface area contributed by atoms with Crippen molar-refractivity contribution in [3.63, 3.8) is 0 Å². The molecule has 2 heterocycles. The van der Waals surface area contributed by atoms with Crippen LogP contribution in [0, 0.1) is 0 Å². The van der Waals surface area contributed by atoms with Crippen molar-refractivity contribution >= 4 is 9.84 Å². The first kappa shape index (κ1) is 15.2. The van der Waals surface area contributed by atoms with E-state index in [1.165, 1.54) is 25.9 Å². The van der Waals surface area contributed by atoms with Crippen LogP contribution in [0.15, 0.2) is 0 Å². The lowest BCUT2D eigenvalue weighted by atomic mass is 10.2. The van der Waals surface area contributed by atoms with Crippen molar-refractivity contribution in [2.24, 2.45) is 0 Å². The van der Waals surface area contributed by atoms with E-state index in [2.05, 4.69) is 22.2 Å². The largest absolute Gasteiger partial charge is 0.312 e. The standard InChI is InChI=1S/C13H27N3O2S/c1-15(9-10-16-6-2-3-7-16)8-4-13-12-19(17,18)11-5-14-13/h13-14H,2-12H2,1H3. The van der Waals surface area contributed by atoms with Crippen molar-refractivity contribution in [3.05, 3.63) is 0 Å². The maximum atomic E-state index is 11.5. The molecule has 0 aromatic rings. The maximum Gasteiger partial charge on any atom is 0.153 e. The first-order chi connectivity index (χ1) is 9.05. The van der Waals surface area contributed by atoms with Crippen LogP contribution in [0.3, 0.4) is 0 Å². The predicted molar refractivity (Wildman–Crippen MR) is 78.2 cm³/mol. The molecule has 0 saturated carbocycles. The number of hydrogen-bond acceptors (Lipinski definition) is 5. The third-order valence-corrected chi connectivity index (χ3v) is 5.89. The summed E-state index contributed by atoms with van der Waals surface area (Å²) in [5, 5.41) is 3.31. The first-order valence-corrected chi connectivity index (χ1v) is 9.22. The summed E-state index contributed by atoms with van der Waals surface area (Å²) in [7, 11) is -0.662. The summed E-state index contributed by atoms with van der Waals surface area (Å²) >= 11 is 0. The average Bonchev–Trinajstić information content (AvgIpc) is 2.86. The molecular formula is C13H27N3O2S. The van der Waals surface area contributed by atoms with Crippen molar-refractivity contribution < 1.29 is 8.42 Å². The summed E-state index contributed by atoms with van der Waals surface area (Å²) in [5.41, 5.74) is 0. The van der Waals surface area contributed by atoms with Gasteiger partial charge in [0.1, 0.15) is 0 Å². The van der Waals surface area contributed by atoms with Crippen molar-refractivity contribution in [1.29, 1.82) is 0 Å². The molecule has 0 aliphatic carbocycles. The zero-order chi connectivity index (χ0) is 13.7. The molecule has 1 unspecified atom stereocenters. The lowest BCUT2D eigenvalue weighted by Gasteiger charge is -2.26. The van der Waals surface area contributed by atoms with E-state index in [0.717, 1.165) is 26.1 Å². The van der Waals surface area contributed by atoms with Crippen LogP contribution in [-0.2, 0) is 9.84 Å². The number of nitrogens with zero attached hydrogens (tertiary/aromatic N) is 2. The van der Waals surface area contributed by atoms with Crippen LogP contribution < -0.4 is 5.32 Å². The van der Waals surface area contributed by atoms with Gasteiger partial charge < -0.3 is 15.1 Å². The van der Waals surface area contributed by atoms with Gasteiger partial charge in [-0.2, -0.15) is 0 Å². The second-order valence-corrected chi connectivity index (χ2v) is 8.13. The Bertz CT molecular complexity index is 366. The van der Waals surface area contributed by atoms with E-state index in [0.29, 0.717) is 18.1 Å². The Kier molecular flexibility index (Phi) is 5.62. The van der Waals surface area contributed by atoms with E-state index in [4.69, 9.17) is 0 Å². The third kappa shape index (κ3) is 5.38. The second-order valence-electron chi connectivity index (χ2n) is 5.91. The molecule has 1 atom stereocenters. The zero-order valence-corrected chi connectivity index (χ0v) is 12.8.